The fourth-order valence-electron chi connectivity index (χ4n) is 2.28. The molecule has 1 atom stereocenters. The van der Waals surface area contributed by atoms with Crippen LogP contribution in [0.5, 0.6) is 5.75 Å². The molecule has 0 bridgehead atoms. The number of hydrogen-bond donors (Lipinski definition) is 2. The van der Waals surface area contributed by atoms with Gasteiger partial charge < -0.3 is 10.4 Å². The minimum absolute atomic E-state index is 0.455. The molecule has 1 aromatic rings. The lowest BCUT2D eigenvalue weighted by atomic mass is 9.92. The molecule has 2 N–H and O–H groups in total. The van der Waals surface area contributed by atoms with Crippen LogP contribution in [0.15, 0.2) is 18.2 Å². The van der Waals surface area contributed by atoms with E-state index in [0.29, 0.717) is 11.7 Å². The Morgan fingerprint density at radius 1 is 1.50 bits per heavy atom. The van der Waals surface area contributed by atoms with Crippen molar-refractivity contribution < 1.29 is 5.11 Å². The zero-order chi connectivity index (χ0) is 9.97. The fraction of sp³-hybridized carbons (Fsp3) is 0.500. The topological polar surface area (TPSA) is 32.3 Å². The van der Waals surface area contributed by atoms with Gasteiger partial charge in [0.1, 0.15) is 5.75 Å². The third-order valence-electron chi connectivity index (χ3n) is 3.04. The molecule has 1 aliphatic heterocycles. The van der Waals surface area contributed by atoms with Gasteiger partial charge in [0.25, 0.3) is 0 Å². The van der Waals surface area contributed by atoms with Crippen molar-refractivity contribution in [2.45, 2.75) is 25.7 Å². The second-order valence-electron chi connectivity index (χ2n) is 3.89. The minimum Gasteiger partial charge on any atom is -0.508 e. The maximum absolute atomic E-state index is 9.73. The van der Waals surface area contributed by atoms with Crippen LogP contribution in [-0.4, -0.2) is 18.2 Å². The molecular weight excluding hydrogens is 174 g/mol. The van der Waals surface area contributed by atoms with E-state index in [1.165, 1.54) is 12.0 Å². The summed E-state index contributed by atoms with van der Waals surface area (Å²) in [7, 11) is 0. The molecule has 1 aromatic carbocycles. The first-order chi connectivity index (χ1) is 6.83. The van der Waals surface area contributed by atoms with Crippen molar-refractivity contribution in [2.24, 2.45) is 0 Å². The summed E-state index contributed by atoms with van der Waals surface area (Å²) in [5, 5.41) is 13.1. The highest BCUT2D eigenvalue weighted by Gasteiger charge is 2.19. The van der Waals surface area contributed by atoms with Crippen molar-refractivity contribution in [2.75, 3.05) is 13.1 Å². The van der Waals surface area contributed by atoms with Crippen LogP contribution in [-0.2, 0) is 6.42 Å². The van der Waals surface area contributed by atoms with Crippen LogP contribution in [0, 0.1) is 0 Å². The molecule has 76 valence electrons. The number of nitrogens with one attached hydrogen (secondary N) is 1. The van der Waals surface area contributed by atoms with Gasteiger partial charge in [-0.15, -0.1) is 0 Å². The van der Waals surface area contributed by atoms with E-state index in [0.717, 1.165) is 25.1 Å². The van der Waals surface area contributed by atoms with Crippen LogP contribution in [0.1, 0.15) is 30.4 Å². The highest BCUT2D eigenvalue weighted by atomic mass is 16.3. The van der Waals surface area contributed by atoms with Gasteiger partial charge in [-0.05, 0) is 42.5 Å². The molecule has 2 rings (SSSR count). The van der Waals surface area contributed by atoms with Crippen molar-refractivity contribution in [3.05, 3.63) is 29.3 Å². The summed E-state index contributed by atoms with van der Waals surface area (Å²) in [6.45, 7) is 4.25. The first-order valence-electron chi connectivity index (χ1n) is 5.34. The molecule has 2 nitrogen and oxygen atoms in total. The average Bonchev–Trinajstić information content (AvgIpc) is 2.70. The predicted octanol–water partition coefficient (Wildman–Crippen LogP) is 2.03. The van der Waals surface area contributed by atoms with Crippen LogP contribution in [0.2, 0.25) is 0 Å². The second kappa shape index (κ2) is 4.01. The van der Waals surface area contributed by atoms with E-state index in [1.54, 1.807) is 6.07 Å². The molecule has 0 aromatic heterocycles. The van der Waals surface area contributed by atoms with E-state index in [4.69, 9.17) is 0 Å². The Hall–Kier alpha value is -1.02. The Morgan fingerprint density at radius 3 is 3.00 bits per heavy atom. The van der Waals surface area contributed by atoms with Gasteiger partial charge in [-0.2, -0.15) is 0 Å². The van der Waals surface area contributed by atoms with Crippen molar-refractivity contribution in [1.29, 1.82) is 0 Å². The number of hydrogen-bond acceptors (Lipinski definition) is 2. The zero-order valence-electron chi connectivity index (χ0n) is 8.59. The second-order valence-corrected chi connectivity index (χ2v) is 3.89. The monoisotopic (exact) mass is 191 g/mol. The molecule has 14 heavy (non-hydrogen) atoms. The van der Waals surface area contributed by atoms with E-state index < -0.39 is 0 Å². The molecule has 0 saturated carbocycles. The normalized spacial score (nSPS) is 21.4. The van der Waals surface area contributed by atoms with Gasteiger partial charge in [0, 0.05) is 6.54 Å². The molecule has 1 fully saturated rings. The number of benzene rings is 1. The standard InChI is InChI=1S/C12H17NO/c1-2-10-11(4-3-5-12(10)14)9-6-7-13-8-9/h3-5,9,13-14H,2,6-8H2,1H3/t9-/m0/s1. The summed E-state index contributed by atoms with van der Waals surface area (Å²) in [5.41, 5.74) is 2.46. The summed E-state index contributed by atoms with van der Waals surface area (Å²) in [4.78, 5) is 0. The zero-order valence-corrected chi connectivity index (χ0v) is 8.59. The molecule has 0 radical (unpaired) electrons. The number of phenols is 1. The first-order valence-corrected chi connectivity index (χ1v) is 5.34. The van der Waals surface area contributed by atoms with Crippen molar-refractivity contribution >= 4 is 0 Å². The molecule has 0 amide bonds. The largest absolute Gasteiger partial charge is 0.508 e. The highest BCUT2D eigenvalue weighted by molar-refractivity contribution is 5.41. The Labute approximate surface area is 85.0 Å². The Morgan fingerprint density at radius 2 is 2.36 bits per heavy atom. The van der Waals surface area contributed by atoms with Crippen molar-refractivity contribution in [1.82, 2.24) is 5.32 Å². The summed E-state index contributed by atoms with van der Waals surface area (Å²) < 4.78 is 0. The highest BCUT2D eigenvalue weighted by Crippen LogP contribution is 2.30. The lowest BCUT2D eigenvalue weighted by Crippen LogP contribution is -2.09. The van der Waals surface area contributed by atoms with Crippen LogP contribution >= 0.6 is 0 Å². The van der Waals surface area contributed by atoms with Crippen LogP contribution in [0.3, 0.4) is 0 Å². The SMILES string of the molecule is CCc1c(O)cccc1[C@H]1CCNC1. The van der Waals surface area contributed by atoms with Gasteiger partial charge in [-0.1, -0.05) is 19.1 Å². The van der Waals surface area contributed by atoms with Gasteiger partial charge in [0.15, 0.2) is 0 Å². The maximum Gasteiger partial charge on any atom is 0.119 e. The summed E-state index contributed by atoms with van der Waals surface area (Å²) in [6, 6.07) is 5.88. The van der Waals surface area contributed by atoms with E-state index in [2.05, 4.69) is 18.3 Å². The molecule has 0 spiro atoms. The maximum atomic E-state index is 9.73. The van der Waals surface area contributed by atoms with Crippen molar-refractivity contribution in [3.8, 4) is 5.75 Å². The van der Waals surface area contributed by atoms with E-state index >= 15 is 0 Å². The first kappa shape index (κ1) is 9.53. The summed E-state index contributed by atoms with van der Waals surface area (Å²) in [6.07, 6.45) is 2.11. The molecule has 1 aliphatic rings. The lowest BCUT2D eigenvalue weighted by Gasteiger charge is -2.14. The lowest BCUT2D eigenvalue weighted by molar-refractivity contribution is 0.466. The van der Waals surface area contributed by atoms with Gasteiger partial charge in [0.05, 0.1) is 0 Å². The van der Waals surface area contributed by atoms with Gasteiger partial charge in [-0.25, -0.2) is 0 Å². The summed E-state index contributed by atoms with van der Waals surface area (Å²) >= 11 is 0. The van der Waals surface area contributed by atoms with E-state index in [1.807, 2.05) is 6.07 Å². The van der Waals surface area contributed by atoms with Crippen LogP contribution in [0.25, 0.3) is 0 Å². The molecule has 1 saturated heterocycles. The number of phenolic OH excluding ortho intramolecular Hbond substituents is 1. The van der Waals surface area contributed by atoms with Crippen LogP contribution in [0.4, 0.5) is 0 Å². The molecule has 2 heteroatoms. The number of aromatic hydroxyl groups is 1. The Bertz CT molecular complexity index is 316. The fourth-order valence-corrected chi connectivity index (χ4v) is 2.28. The summed E-state index contributed by atoms with van der Waals surface area (Å²) in [5.74, 6) is 1.05. The third-order valence-corrected chi connectivity index (χ3v) is 3.04. The molecular formula is C12H17NO. The van der Waals surface area contributed by atoms with E-state index in [9.17, 15) is 5.11 Å². The van der Waals surface area contributed by atoms with Gasteiger partial charge >= 0.3 is 0 Å². The Kier molecular flexibility index (Phi) is 2.73. The molecule has 0 unspecified atom stereocenters. The quantitative estimate of drug-likeness (QED) is 0.749. The average molecular weight is 191 g/mol. The van der Waals surface area contributed by atoms with Crippen LogP contribution < -0.4 is 5.32 Å². The minimum atomic E-state index is 0.455. The predicted molar refractivity (Wildman–Crippen MR) is 57.7 cm³/mol. The number of rotatable bonds is 2. The van der Waals surface area contributed by atoms with Crippen molar-refractivity contribution in [3.63, 3.8) is 0 Å². The van der Waals surface area contributed by atoms with Gasteiger partial charge in [0.2, 0.25) is 0 Å². The van der Waals surface area contributed by atoms with Gasteiger partial charge in [-0.3, -0.25) is 0 Å². The smallest absolute Gasteiger partial charge is 0.119 e. The Balaban J connectivity index is 2.35. The molecule has 1 heterocycles. The van der Waals surface area contributed by atoms with E-state index in [-0.39, 0.29) is 0 Å². The molecule has 0 aliphatic carbocycles. The third kappa shape index (κ3) is 1.62.